The zero-order valence-electron chi connectivity index (χ0n) is 11.1. The molecule has 17 heavy (non-hydrogen) atoms. The average molecular weight is 235 g/mol. The first kappa shape index (κ1) is 11.7. The number of rotatable bonds is 2. The molecule has 0 amide bonds. The van der Waals surface area contributed by atoms with E-state index in [1.165, 1.54) is 12.8 Å². The van der Waals surface area contributed by atoms with E-state index in [1.54, 1.807) is 5.57 Å². The van der Waals surface area contributed by atoms with Gasteiger partial charge in [0.1, 0.15) is 0 Å². The van der Waals surface area contributed by atoms with Gasteiger partial charge in [0.2, 0.25) is 0 Å². The van der Waals surface area contributed by atoms with Crippen molar-refractivity contribution < 1.29 is 5.11 Å². The van der Waals surface area contributed by atoms with Gasteiger partial charge in [-0.15, -0.1) is 0 Å². The second-order valence-electron chi connectivity index (χ2n) is 6.97. The summed E-state index contributed by atoms with van der Waals surface area (Å²) in [4.78, 5) is 0. The van der Waals surface area contributed by atoms with Crippen molar-refractivity contribution in [1.29, 1.82) is 0 Å². The molecule has 1 aliphatic heterocycles. The van der Waals surface area contributed by atoms with Crippen molar-refractivity contribution in [2.24, 2.45) is 17.3 Å². The summed E-state index contributed by atoms with van der Waals surface area (Å²) in [5.41, 5.74) is 1.63. The summed E-state index contributed by atoms with van der Waals surface area (Å²) in [5.74, 6) is 1.65. The molecule has 0 radical (unpaired) electrons. The number of allylic oxidation sites excluding steroid dienone is 1. The summed E-state index contributed by atoms with van der Waals surface area (Å²) < 4.78 is 0. The molecule has 1 saturated carbocycles. The van der Waals surface area contributed by atoms with E-state index in [1.807, 2.05) is 0 Å². The third-order valence-electron chi connectivity index (χ3n) is 5.65. The van der Waals surface area contributed by atoms with Gasteiger partial charge in [-0.05, 0) is 62.4 Å². The standard InChI is InChI=1S/C15H25NO/c1-14(2)12-4-3-11(13(14)9-12)10-15(17)5-7-16-8-6-15/h3,12-13,16-17H,4-10H2,1-2H3. The lowest BCUT2D eigenvalue weighted by Gasteiger charge is -2.57. The Labute approximate surface area is 104 Å². The predicted molar refractivity (Wildman–Crippen MR) is 69.7 cm³/mol. The number of piperidine rings is 1. The van der Waals surface area contributed by atoms with Gasteiger partial charge in [-0.3, -0.25) is 0 Å². The Morgan fingerprint density at radius 1 is 1.35 bits per heavy atom. The summed E-state index contributed by atoms with van der Waals surface area (Å²) in [6.45, 7) is 6.76. The molecular weight excluding hydrogens is 210 g/mol. The first-order valence-corrected chi connectivity index (χ1v) is 7.13. The van der Waals surface area contributed by atoms with Crippen molar-refractivity contribution in [3.8, 4) is 0 Å². The van der Waals surface area contributed by atoms with E-state index in [9.17, 15) is 5.11 Å². The van der Waals surface area contributed by atoms with Gasteiger partial charge in [-0.25, -0.2) is 0 Å². The van der Waals surface area contributed by atoms with Crippen LogP contribution in [0.4, 0.5) is 0 Å². The van der Waals surface area contributed by atoms with Gasteiger partial charge in [0.15, 0.2) is 0 Å². The van der Waals surface area contributed by atoms with Crippen LogP contribution in [0.2, 0.25) is 0 Å². The highest BCUT2D eigenvalue weighted by Gasteiger charge is 2.52. The van der Waals surface area contributed by atoms with Gasteiger partial charge in [-0.1, -0.05) is 25.5 Å². The van der Waals surface area contributed by atoms with E-state index < -0.39 is 5.60 Å². The Bertz CT molecular complexity index is 339. The molecule has 0 spiro atoms. The largest absolute Gasteiger partial charge is 0.389 e. The van der Waals surface area contributed by atoms with Gasteiger partial charge in [0.05, 0.1) is 5.60 Å². The molecule has 0 aromatic carbocycles. The second-order valence-corrected chi connectivity index (χ2v) is 6.97. The van der Waals surface area contributed by atoms with Crippen molar-refractivity contribution in [3.05, 3.63) is 11.6 Å². The maximum atomic E-state index is 10.6. The van der Waals surface area contributed by atoms with E-state index >= 15 is 0 Å². The van der Waals surface area contributed by atoms with E-state index in [0.717, 1.165) is 44.2 Å². The molecule has 2 N–H and O–H groups in total. The molecule has 2 heteroatoms. The predicted octanol–water partition coefficient (Wildman–Crippen LogP) is 2.48. The third kappa shape index (κ3) is 1.86. The minimum absolute atomic E-state index is 0.421. The fourth-order valence-electron chi connectivity index (χ4n) is 4.13. The van der Waals surface area contributed by atoms with Crippen molar-refractivity contribution in [3.63, 3.8) is 0 Å². The molecule has 2 fully saturated rings. The van der Waals surface area contributed by atoms with Gasteiger partial charge < -0.3 is 10.4 Å². The smallest absolute Gasteiger partial charge is 0.0709 e. The van der Waals surface area contributed by atoms with Crippen LogP contribution in [-0.2, 0) is 0 Å². The van der Waals surface area contributed by atoms with Gasteiger partial charge in [0, 0.05) is 0 Å². The minimum atomic E-state index is -0.421. The molecule has 1 saturated heterocycles. The van der Waals surface area contributed by atoms with Crippen molar-refractivity contribution >= 4 is 0 Å². The molecule has 3 aliphatic carbocycles. The first-order valence-electron chi connectivity index (χ1n) is 7.13. The normalized spacial score (nSPS) is 38.2. The van der Waals surface area contributed by atoms with E-state index in [-0.39, 0.29) is 0 Å². The molecule has 0 aromatic heterocycles. The molecule has 2 bridgehead atoms. The van der Waals surface area contributed by atoms with Crippen LogP contribution < -0.4 is 5.32 Å². The lowest BCUT2D eigenvalue weighted by Crippen LogP contribution is -2.50. The van der Waals surface area contributed by atoms with Crippen LogP contribution in [-0.4, -0.2) is 23.8 Å². The first-order chi connectivity index (χ1) is 8.01. The Balaban J connectivity index is 1.71. The molecule has 4 aliphatic rings. The molecule has 2 atom stereocenters. The monoisotopic (exact) mass is 235 g/mol. The summed E-state index contributed by atoms with van der Waals surface area (Å²) in [7, 11) is 0. The van der Waals surface area contributed by atoms with E-state index in [2.05, 4.69) is 25.2 Å². The summed E-state index contributed by atoms with van der Waals surface area (Å²) in [6.07, 6.45) is 7.81. The zero-order chi connectivity index (χ0) is 12.1. The van der Waals surface area contributed by atoms with Crippen LogP contribution in [0.1, 0.15) is 46.0 Å². The Morgan fingerprint density at radius 2 is 2.06 bits per heavy atom. The minimum Gasteiger partial charge on any atom is -0.389 e. The van der Waals surface area contributed by atoms with Crippen LogP contribution in [0, 0.1) is 17.3 Å². The van der Waals surface area contributed by atoms with Crippen LogP contribution in [0.25, 0.3) is 0 Å². The fourth-order valence-corrected chi connectivity index (χ4v) is 4.13. The molecule has 1 heterocycles. The molecular formula is C15H25NO. The average Bonchev–Trinajstić information content (AvgIpc) is 2.29. The second kappa shape index (κ2) is 3.83. The zero-order valence-corrected chi connectivity index (χ0v) is 11.1. The fraction of sp³-hybridized carbons (Fsp3) is 0.867. The Hall–Kier alpha value is -0.340. The number of hydrogen-bond donors (Lipinski definition) is 2. The lowest BCUT2D eigenvalue weighted by molar-refractivity contribution is -0.0319. The Kier molecular flexibility index (Phi) is 2.64. The van der Waals surface area contributed by atoms with Gasteiger partial charge in [-0.2, -0.15) is 0 Å². The third-order valence-corrected chi connectivity index (χ3v) is 5.65. The van der Waals surface area contributed by atoms with Crippen LogP contribution >= 0.6 is 0 Å². The van der Waals surface area contributed by atoms with Gasteiger partial charge >= 0.3 is 0 Å². The number of nitrogens with one attached hydrogen (secondary N) is 1. The maximum Gasteiger partial charge on any atom is 0.0709 e. The molecule has 96 valence electrons. The topological polar surface area (TPSA) is 32.3 Å². The molecule has 2 unspecified atom stereocenters. The quantitative estimate of drug-likeness (QED) is 0.721. The van der Waals surface area contributed by atoms with Crippen LogP contribution in [0.15, 0.2) is 11.6 Å². The highest BCUT2D eigenvalue weighted by atomic mass is 16.3. The highest BCUT2D eigenvalue weighted by Crippen LogP contribution is 2.60. The van der Waals surface area contributed by atoms with Crippen molar-refractivity contribution in [1.82, 2.24) is 5.32 Å². The van der Waals surface area contributed by atoms with Crippen LogP contribution in [0.3, 0.4) is 0 Å². The van der Waals surface area contributed by atoms with Crippen LogP contribution in [0.5, 0.6) is 0 Å². The summed E-state index contributed by atoms with van der Waals surface area (Å²) in [6, 6.07) is 0. The van der Waals surface area contributed by atoms with Crippen molar-refractivity contribution in [2.45, 2.75) is 51.6 Å². The summed E-state index contributed by atoms with van der Waals surface area (Å²) >= 11 is 0. The number of fused-ring (bicyclic) bond motifs is 1. The van der Waals surface area contributed by atoms with Gasteiger partial charge in [0.25, 0.3) is 0 Å². The van der Waals surface area contributed by atoms with E-state index in [0.29, 0.717) is 5.41 Å². The maximum absolute atomic E-state index is 10.6. The summed E-state index contributed by atoms with van der Waals surface area (Å²) in [5, 5.41) is 14.0. The molecule has 4 rings (SSSR count). The van der Waals surface area contributed by atoms with Crippen molar-refractivity contribution in [2.75, 3.05) is 13.1 Å². The molecule has 0 aromatic rings. The molecule has 2 nitrogen and oxygen atoms in total. The van der Waals surface area contributed by atoms with E-state index in [4.69, 9.17) is 0 Å². The Morgan fingerprint density at radius 3 is 2.65 bits per heavy atom. The number of hydrogen-bond acceptors (Lipinski definition) is 2. The SMILES string of the molecule is CC1(C)C2CC=C(CC3(O)CCNCC3)C1C2. The number of aliphatic hydroxyl groups is 1. The highest BCUT2D eigenvalue weighted by molar-refractivity contribution is 5.25. The lowest BCUT2D eigenvalue weighted by atomic mass is 9.48.